The standard InChI is InChI=1S/C23H24F3N3O3/c1-16(30)27-20(17-6-3-2-4-7-17)15-21(31)28-10-12-29(13-11-28)22(32)18-8-5-9-19(14-18)23(24,25)26/h2-9,14,20H,10-13,15H2,1H3,(H,27,30). The van der Waals surface area contributed by atoms with Crippen molar-refractivity contribution in [2.75, 3.05) is 26.2 Å². The minimum absolute atomic E-state index is 0.0330. The number of nitrogens with zero attached hydrogens (tertiary/aromatic N) is 2. The van der Waals surface area contributed by atoms with Crippen LogP contribution in [0.3, 0.4) is 0 Å². The van der Waals surface area contributed by atoms with Gasteiger partial charge in [-0.15, -0.1) is 0 Å². The van der Waals surface area contributed by atoms with Crippen LogP contribution in [0.2, 0.25) is 0 Å². The molecule has 32 heavy (non-hydrogen) atoms. The van der Waals surface area contributed by atoms with Crippen LogP contribution >= 0.6 is 0 Å². The zero-order chi connectivity index (χ0) is 23.3. The Morgan fingerprint density at radius 2 is 1.56 bits per heavy atom. The molecule has 0 radical (unpaired) electrons. The lowest BCUT2D eigenvalue weighted by atomic mass is 10.0. The van der Waals surface area contributed by atoms with E-state index in [1.54, 1.807) is 4.90 Å². The Hall–Kier alpha value is -3.36. The number of rotatable bonds is 5. The molecule has 6 nitrogen and oxygen atoms in total. The second-order valence-corrected chi connectivity index (χ2v) is 7.62. The predicted octanol–water partition coefficient (Wildman–Crippen LogP) is 3.26. The van der Waals surface area contributed by atoms with Gasteiger partial charge in [0.05, 0.1) is 18.0 Å². The quantitative estimate of drug-likeness (QED) is 0.765. The molecular formula is C23H24F3N3O3. The van der Waals surface area contributed by atoms with Crippen molar-refractivity contribution in [3.8, 4) is 0 Å². The molecule has 0 aromatic heterocycles. The lowest BCUT2D eigenvalue weighted by Crippen LogP contribution is -2.51. The van der Waals surface area contributed by atoms with Crippen molar-refractivity contribution in [2.45, 2.75) is 25.6 Å². The molecule has 1 aliphatic heterocycles. The fourth-order valence-electron chi connectivity index (χ4n) is 3.66. The number of hydrogen-bond donors (Lipinski definition) is 1. The third kappa shape index (κ3) is 5.87. The number of benzene rings is 2. The van der Waals surface area contributed by atoms with E-state index in [0.29, 0.717) is 0 Å². The molecule has 170 valence electrons. The summed E-state index contributed by atoms with van der Waals surface area (Å²) in [7, 11) is 0. The fourth-order valence-corrected chi connectivity index (χ4v) is 3.66. The molecule has 9 heteroatoms. The van der Waals surface area contributed by atoms with Crippen LogP contribution in [0.5, 0.6) is 0 Å². The van der Waals surface area contributed by atoms with Crippen molar-refractivity contribution in [3.63, 3.8) is 0 Å². The summed E-state index contributed by atoms with van der Waals surface area (Å²) in [6.07, 6.45) is -4.45. The number of amides is 3. The minimum Gasteiger partial charge on any atom is -0.349 e. The van der Waals surface area contributed by atoms with Crippen molar-refractivity contribution in [1.82, 2.24) is 15.1 Å². The monoisotopic (exact) mass is 447 g/mol. The average Bonchev–Trinajstić information content (AvgIpc) is 2.78. The minimum atomic E-state index is -4.52. The van der Waals surface area contributed by atoms with Gasteiger partial charge in [-0.2, -0.15) is 13.2 Å². The van der Waals surface area contributed by atoms with E-state index in [-0.39, 0.29) is 50.0 Å². The van der Waals surface area contributed by atoms with Gasteiger partial charge in [0.25, 0.3) is 5.91 Å². The van der Waals surface area contributed by atoms with Crippen LogP contribution < -0.4 is 5.32 Å². The van der Waals surface area contributed by atoms with Gasteiger partial charge in [-0.1, -0.05) is 36.4 Å². The summed E-state index contributed by atoms with van der Waals surface area (Å²) in [5.74, 6) is -0.912. The summed E-state index contributed by atoms with van der Waals surface area (Å²) in [4.78, 5) is 40.1. The molecule has 1 fully saturated rings. The Balaban J connectivity index is 1.60. The van der Waals surface area contributed by atoms with Crippen LogP contribution in [-0.2, 0) is 15.8 Å². The SMILES string of the molecule is CC(=O)NC(CC(=O)N1CCN(C(=O)c2cccc(C(F)(F)F)c2)CC1)c1ccccc1. The highest BCUT2D eigenvalue weighted by Gasteiger charge is 2.32. The Labute approximate surface area is 184 Å². The first-order valence-corrected chi connectivity index (χ1v) is 10.2. The van der Waals surface area contributed by atoms with Crippen molar-refractivity contribution >= 4 is 17.7 Å². The van der Waals surface area contributed by atoms with Crippen molar-refractivity contribution in [1.29, 1.82) is 0 Å². The Morgan fingerprint density at radius 3 is 2.16 bits per heavy atom. The van der Waals surface area contributed by atoms with Crippen LogP contribution in [0, 0.1) is 0 Å². The number of carbonyl (C=O) groups excluding carboxylic acids is 3. The van der Waals surface area contributed by atoms with E-state index < -0.39 is 23.7 Å². The predicted molar refractivity (Wildman–Crippen MR) is 112 cm³/mol. The molecule has 0 aliphatic carbocycles. The lowest BCUT2D eigenvalue weighted by molar-refractivity contribution is -0.137. The van der Waals surface area contributed by atoms with Gasteiger partial charge in [0.15, 0.2) is 0 Å². The van der Waals surface area contributed by atoms with Crippen LogP contribution in [0.15, 0.2) is 54.6 Å². The van der Waals surface area contributed by atoms with E-state index in [1.165, 1.54) is 24.0 Å². The summed E-state index contributed by atoms with van der Waals surface area (Å²) in [5.41, 5.74) is -0.0918. The van der Waals surface area contributed by atoms with Crippen LogP contribution in [0.25, 0.3) is 0 Å². The molecule has 1 heterocycles. The molecule has 1 aliphatic rings. The van der Waals surface area contributed by atoms with Gasteiger partial charge in [-0.05, 0) is 23.8 Å². The van der Waals surface area contributed by atoms with E-state index in [4.69, 9.17) is 0 Å². The molecule has 0 bridgehead atoms. The highest BCUT2D eigenvalue weighted by Crippen LogP contribution is 2.30. The number of halogens is 3. The lowest BCUT2D eigenvalue weighted by Gasteiger charge is -2.35. The molecule has 0 saturated carbocycles. The maximum Gasteiger partial charge on any atom is 0.416 e. The van der Waals surface area contributed by atoms with Crippen molar-refractivity contribution < 1.29 is 27.6 Å². The Bertz CT molecular complexity index is 971. The molecule has 2 aromatic carbocycles. The summed E-state index contributed by atoms with van der Waals surface area (Å²) in [5, 5.41) is 2.79. The normalized spacial score (nSPS) is 15.2. The van der Waals surface area contributed by atoms with E-state index in [9.17, 15) is 27.6 Å². The summed E-state index contributed by atoms with van der Waals surface area (Å²) < 4.78 is 38.8. The van der Waals surface area contributed by atoms with Gasteiger partial charge < -0.3 is 15.1 Å². The van der Waals surface area contributed by atoms with E-state index in [0.717, 1.165) is 17.7 Å². The second-order valence-electron chi connectivity index (χ2n) is 7.62. The Morgan fingerprint density at radius 1 is 0.938 bits per heavy atom. The zero-order valence-electron chi connectivity index (χ0n) is 17.6. The molecule has 1 atom stereocenters. The van der Waals surface area contributed by atoms with Crippen molar-refractivity contribution in [3.05, 3.63) is 71.3 Å². The third-order valence-electron chi connectivity index (χ3n) is 5.31. The largest absolute Gasteiger partial charge is 0.416 e. The molecule has 3 rings (SSSR count). The van der Waals surface area contributed by atoms with E-state index in [1.807, 2.05) is 30.3 Å². The first-order valence-electron chi connectivity index (χ1n) is 10.2. The smallest absolute Gasteiger partial charge is 0.349 e. The molecule has 1 unspecified atom stereocenters. The van der Waals surface area contributed by atoms with E-state index >= 15 is 0 Å². The number of alkyl halides is 3. The van der Waals surface area contributed by atoms with Gasteiger partial charge in [-0.25, -0.2) is 0 Å². The number of carbonyl (C=O) groups is 3. The van der Waals surface area contributed by atoms with Gasteiger partial charge in [-0.3, -0.25) is 14.4 Å². The molecule has 1 saturated heterocycles. The number of piperazine rings is 1. The second kappa shape index (κ2) is 9.84. The first-order chi connectivity index (χ1) is 15.1. The highest BCUT2D eigenvalue weighted by atomic mass is 19.4. The average molecular weight is 447 g/mol. The number of hydrogen-bond acceptors (Lipinski definition) is 3. The van der Waals surface area contributed by atoms with E-state index in [2.05, 4.69) is 5.32 Å². The Kier molecular flexibility index (Phi) is 7.17. The molecular weight excluding hydrogens is 423 g/mol. The van der Waals surface area contributed by atoms with Crippen molar-refractivity contribution in [2.24, 2.45) is 0 Å². The maximum atomic E-state index is 12.9. The summed E-state index contributed by atoms with van der Waals surface area (Å²) >= 11 is 0. The molecule has 3 amide bonds. The van der Waals surface area contributed by atoms with Crippen LogP contribution in [-0.4, -0.2) is 53.7 Å². The van der Waals surface area contributed by atoms with Crippen LogP contribution in [0.4, 0.5) is 13.2 Å². The molecule has 1 N–H and O–H groups in total. The number of nitrogens with one attached hydrogen (secondary N) is 1. The van der Waals surface area contributed by atoms with Gasteiger partial charge in [0, 0.05) is 38.7 Å². The zero-order valence-corrected chi connectivity index (χ0v) is 17.6. The topological polar surface area (TPSA) is 69.7 Å². The first kappa shape index (κ1) is 23.3. The van der Waals surface area contributed by atoms with Crippen LogP contribution in [0.1, 0.15) is 40.9 Å². The van der Waals surface area contributed by atoms with Gasteiger partial charge >= 0.3 is 6.18 Å². The third-order valence-corrected chi connectivity index (χ3v) is 5.31. The molecule has 2 aromatic rings. The maximum absolute atomic E-state index is 12.9. The summed E-state index contributed by atoms with van der Waals surface area (Å²) in [6.45, 7) is 2.36. The summed E-state index contributed by atoms with van der Waals surface area (Å²) in [6, 6.07) is 13.0. The fraction of sp³-hybridized carbons (Fsp3) is 0.348. The van der Waals surface area contributed by atoms with Gasteiger partial charge in [0.1, 0.15) is 0 Å². The highest BCUT2D eigenvalue weighted by molar-refractivity contribution is 5.94. The van der Waals surface area contributed by atoms with Gasteiger partial charge in [0.2, 0.25) is 11.8 Å². The molecule has 0 spiro atoms.